The third-order valence-corrected chi connectivity index (χ3v) is 4.28. The van der Waals surface area contributed by atoms with E-state index in [1.54, 1.807) is 42.3 Å². The Balaban J connectivity index is 1.79. The third kappa shape index (κ3) is 3.56. The summed E-state index contributed by atoms with van der Waals surface area (Å²) in [6.07, 6.45) is 4.66. The first-order chi connectivity index (χ1) is 11.4. The Morgan fingerprint density at radius 2 is 1.88 bits per heavy atom. The van der Waals surface area contributed by atoms with E-state index in [1.165, 1.54) is 10.9 Å². The highest BCUT2D eigenvalue weighted by Gasteiger charge is 2.15. The molecule has 2 heterocycles. The summed E-state index contributed by atoms with van der Waals surface area (Å²) >= 11 is 18.5. The number of anilines is 1. The molecule has 3 rings (SSSR count). The number of hydrogen-bond donors (Lipinski definition) is 1. The summed E-state index contributed by atoms with van der Waals surface area (Å²) in [4.78, 5) is 12.1. The molecular weight excluding hydrogens is 373 g/mol. The standard InChI is InChI=1S/C15H12Cl3N5O/c1-22-6-9(5-19-22)15(24)20-14-13(18)8-23(21-14)7-10-11(16)3-2-4-12(10)17/h2-6,8H,7H2,1H3,(H,20,21,24). The molecule has 1 aromatic carbocycles. The van der Waals surface area contributed by atoms with Gasteiger partial charge >= 0.3 is 0 Å². The van der Waals surface area contributed by atoms with Gasteiger partial charge in [0.25, 0.3) is 5.91 Å². The molecule has 0 saturated heterocycles. The van der Waals surface area contributed by atoms with Gasteiger partial charge in [-0.25, -0.2) is 0 Å². The van der Waals surface area contributed by atoms with E-state index in [0.717, 1.165) is 5.56 Å². The number of benzene rings is 1. The molecule has 0 atom stereocenters. The lowest BCUT2D eigenvalue weighted by atomic mass is 10.2. The van der Waals surface area contributed by atoms with E-state index in [1.807, 2.05) is 0 Å². The maximum atomic E-state index is 12.1. The van der Waals surface area contributed by atoms with Crippen molar-refractivity contribution in [3.63, 3.8) is 0 Å². The first kappa shape index (κ1) is 16.8. The fourth-order valence-electron chi connectivity index (χ4n) is 2.13. The van der Waals surface area contributed by atoms with Crippen LogP contribution in [0.1, 0.15) is 15.9 Å². The molecule has 1 N–H and O–H groups in total. The van der Waals surface area contributed by atoms with E-state index in [0.29, 0.717) is 27.2 Å². The molecule has 0 aliphatic rings. The normalized spacial score (nSPS) is 10.8. The topological polar surface area (TPSA) is 64.7 Å². The molecule has 0 bridgehead atoms. The van der Waals surface area contributed by atoms with Crippen molar-refractivity contribution in [1.82, 2.24) is 19.6 Å². The van der Waals surface area contributed by atoms with Gasteiger partial charge in [-0.2, -0.15) is 10.2 Å². The molecule has 24 heavy (non-hydrogen) atoms. The second-order valence-electron chi connectivity index (χ2n) is 5.08. The number of aryl methyl sites for hydroxylation is 1. The summed E-state index contributed by atoms with van der Waals surface area (Å²) in [7, 11) is 1.73. The number of rotatable bonds is 4. The van der Waals surface area contributed by atoms with E-state index in [2.05, 4.69) is 15.5 Å². The molecule has 0 aliphatic heterocycles. The summed E-state index contributed by atoms with van der Waals surface area (Å²) in [5.74, 6) is -0.0836. The minimum Gasteiger partial charge on any atom is -0.304 e. The van der Waals surface area contributed by atoms with Crippen LogP contribution >= 0.6 is 34.8 Å². The Labute approximate surface area is 152 Å². The smallest absolute Gasteiger partial charge is 0.260 e. The van der Waals surface area contributed by atoms with Gasteiger partial charge in [-0.3, -0.25) is 14.2 Å². The minimum atomic E-state index is -0.342. The molecule has 0 fully saturated rings. The number of hydrogen-bond acceptors (Lipinski definition) is 3. The summed E-state index contributed by atoms with van der Waals surface area (Å²) < 4.78 is 3.10. The van der Waals surface area contributed by atoms with Gasteiger partial charge in [0.1, 0.15) is 5.02 Å². The van der Waals surface area contributed by atoms with E-state index < -0.39 is 0 Å². The van der Waals surface area contributed by atoms with Gasteiger partial charge in [0.15, 0.2) is 5.82 Å². The van der Waals surface area contributed by atoms with Crippen LogP contribution in [0.3, 0.4) is 0 Å². The van der Waals surface area contributed by atoms with Gasteiger partial charge in [-0.05, 0) is 12.1 Å². The molecule has 9 heteroatoms. The molecule has 1 amide bonds. The Kier molecular flexibility index (Phi) is 4.80. The molecule has 0 spiro atoms. The predicted molar refractivity (Wildman–Crippen MR) is 94.0 cm³/mol. The number of nitrogens with one attached hydrogen (secondary N) is 1. The average Bonchev–Trinajstić information content (AvgIpc) is 3.10. The van der Waals surface area contributed by atoms with Crippen LogP contribution in [-0.2, 0) is 13.6 Å². The van der Waals surface area contributed by atoms with Gasteiger partial charge in [-0.1, -0.05) is 40.9 Å². The van der Waals surface area contributed by atoms with Gasteiger partial charge in [0.05, 0.1) is 18.3 Å². The van der Waals surface area contributed by atoms with E-state index in [9.17, 15) is 4.79 Å². The van der Waals surface area contributed by atoms with Crippen molar-refractivity contribution in [2.75, 3.05) is 5.32 Å². The van der Waals surface area contributed by atoms with Gasteiger partial charge in [0, 0.05) is 35.1 Å². The summed E-state index contributed by atoms with van der Waals surface area (Å²) in [5.41, 5.74) is 1.14. The number of aromatic nitrogens is 4. The highest BCUT2D eigenvalue weighted by atomic mass is 35.5. The van der Waals surface area contributed by atoms with Crippen LogP contribution in [0.5, 0.6) is 0 Å². The monoisotopic (exact) mass is 383 g/mol. The van der Waals surface area contributed by atoms with Gasteiger partial charge in [-0.15, -0.1) is 0 Å². The zero-order chi connectivity index (χ0) is 17.3. The quantitative estimate of drug-likeness (QED) is 0.742. The lowest BCUT2D eigenvalue weighted by Crippen LogP contribution is -2.12. The minimum absolute atomic E-state index is 0.258. The first-order valence-corrected chi connectivity index (χ1v) is 8.03. The highest BCUT2D eigenvalue weighted by Crippen LogP contribution is 2.27. The lowest BCUT2D eigenvalue weighted by molar-refractivity contribution is 0.102. The van der Waals surface area contributed by atoms with Crippen LogP contribution in [0.2, 0.25) is 15.1 Å². The predicted octanol–water partition coefficient (Wildman–Crippen LogP) is 3.88. The van der Waals surface area contributed by atoms with Crippen LogP contribution < -0.4 is 5.32 Å². The maximum Gasteiger partial charge on any atom is 0.260 e. The maximum absolute atomic E-state index is 12.1. The number of carbonyl (C=O) groups is 1. The molecule has 3 aromatic rings. The van der Waals surface area contributed by atoms with Crippen LogP contribution in [0.4, 0.5) is 5.82 Å². The summed E-state index contributed by atoms with van der Waals surface area (Å²) in [6.45, 7) is 0.334. The summed E-state index contributed by atoms with van der Waals surface area (Å²) in [6, 6.07) is 5.27. The third-order valence-electron chi connectivity index (χ3n) is 3.30. The average molecular weight is 385 g/mol. The zero-order valence-corrected chi connectivity index (χ0v) is 14.8. The molecule has 6 nitrogen and oxygen atoms in total. The van der Waals surface area contributed by atoms with Crippen LogP contribution in [-0.4, -0.2) is 25.5 Å². The number of carbonyl (C=O) groups excluding carboxylic acids is 1. The Bertz CT molecular complexity index is 882. The van der Waals surface area contributed by atoms with Crippen molar-refractivity contribution < 1.29 is 4.79 Å². The van der Waals surface area contributed by atoms with Crippen molar-refractivity contribution in [3.8, 4) is 0 Å². The highest BCUT2D eigenvalue weighted by molar-refractivity contribution is 6.36. The first-order valence-electron chi connectivity index (χ1n) is 6.90. The summed E-state index contributed by atoms with van der Waals surface area (Å²) in [5, 5.41) is 12.3. The Morgan fingerprint density at radius 1 is 1.17 bits per heavy atom. The second-order valence-corrected chi connectivity index (χ2v) is 6.30. The molecule has 0 aliphatic carbocycles. The van der Waals surface area contributed by atoms with E-state index in [4.69, 9.17) is 34.8 Å². The van der Waals surface area contributed by atoms with Gasteiger partial charge in [0.2, 0.25) is 0 Å². The SMILES string of the molecule is Cn1cc(C(=O)Nc2nn(Cc3c(Cl)cccc3Cl)cc2Cl)cn1. The Morgan fingerprint density at radius 3 is 2.50 bits per heavy atom. The zero-order valence-electron chi connectivity index (χ0n) is 12.5. The lowest BCUT2D eigenvalue weighted by Gasteiger charge is -2.06. The fourth-order valence-corrected chi connectivity index (χ4v) is 2.84. The fraction of sp³-hybridized carbons (Fsp3) is 0.133. The van der Waals surface area contributed by atoms with Crippen molar-refractivity contribution >= 4 is 46.5 Å². The number of halogens is 3. The van der Waals surface area contributed by atoms with Crippen molar-refractivity contribution in [1.29, 1.82) is 0 Å². The molecule has 0 radical (unpaired) electrons. The van der Waals surface area contributed by atoms with Crippen molar-refractivity contribution in [2.24, 2.45) is 7.05 Å². The molecule has 0 saturated carbocycles. The molecule has 0 unspecified atom stereocenters. The van der Waals surface area contributed by atoms with Crippen molar-refractivity contribution in [2.45, 2.75) is 6.54 Å². The van der Waals surface area contributed by atoms with E-state index in [-0.39, 0.29) is 11.7 Å². The molecule has 124 valence electrons. The largest absolute Gasteiger partial charge is 0.304 e. The van der Waals surface area contributed by atoms with Crippen molar-refractivity contribution in [3.05, 3.63) is 63.0 Å². The van der Waals surface area contributed by atoms with Crippen LogP contribution in [0, 0.1) is 0 Å². The molecule has 2 aromatic heterocycles. The van der Waals surface area contributed by atoms with Gasteiger partial charge < -0.3 is 5.32 Å². The Hall–Kier alpha value is -2.02. The molecular formula is C15H12Cl3N5O. The second kappa shape index (κ2) is 6.84. The van der Waals surface area contributed by atoms with Crippen LogP contribution in [0.25, 0.3) is 0 Å². The number of nitrogens with zero attached hydrogens (tertiary/aromatic N) is 4. The van der Waals surface area contributed by atoms with Crippen LogP contribution in [0.15, 0.2) is 36.8 Å². The van der Waals surface area contributed by atoms with E-state index >= 15 is 0 Å². The number of amides is 1.